The van der Waals surface area contributed by atoms with E-state index in [9.17, 15) is 16.8 Å². The Morgan fingerprint density at radius 3 is 1.30 bits per heavy atom. The number of hydrogen-bond acceptors (Lipinski definition) is 8. The summed E-state index contributed by atoms with van der Waals surface area (Å²) in [5.74, 6) is 5.36. The van der Waals surface area contributed by atoms with Crippen molar-refractivity contribution in [3.8, 4) is 11.5 Å². The van der Waals surface area contributed by atoms with Gasteiger partial charge in [0.05, 0.1) is 24.7 Å². The van der Waals surface area contributed by atoms with Gasteiger partial charge in [0.25, 0.3) is 20.2 Å². The van der Waals surface area contributed by atoms with E-state index < -0.39 is 20.2 Å². The van der Waals surface area contributed by atoms with Gasteiger partial charge in [-0.25, -0.2) is 0 Å². The number of rotatable bonds is 15. The van der Waals surface area contributed by atoms with Gasteiger partial charge in [0.2, 0.25) is 0 Å². The number of nitrogens with two attached hydrogens (primary N) is 1. The first-order valence-corrected chi connectivity index (χ1v) is 16.7. The fourth-order valence-electron chi connectivity index (χ4n) is 4.46. The van der Waals surface area contributed by atoms with E-state index in [2.05, 4.69) is 28.5 Å². The Labute approximate surface area is 252 Å². The van der Waals surface area contributed by atoms with Gasteiger partial charge in [-0.15, -0.1) is 0 Å². The average Bonchev–Trinajstić information content (AvgIpc) is 3.01. The SMILES string of the molecule is NOS(=O)(=O)CCCOc1ccc(C(=C(c2ccccc2)c2ccc(OCCCS(=O)(=O)O)cc2)c2ccccc2)cc1. The Bertz CT molecular complexity index is 1710. The molecule has 0 unspecified atom stereocenters. The van der Waals surface area contributed by atoms with Gasteiger partial charge < -0.3 is 9.47 Å². The molecule has 0 saturated carbocycles. The van der Waals surface area contributed by atoms with E-state index in [0.717, 1.165) is 33.4 Å². The molecule has 0 heterocycles. The van der Waals surface area contributed by atoms with E-state index in [0.29, 0.717) is 11.5 Å². The van der Waals surface area contributed by atoms with E-state index in [1.165, 1.54) is 0 Å². The number of hydrogen-bond donors (Lipinski definition) is 2. The predicted octanol–water partition coefficient (Wildman–Crippen LogP) is 5.34. The van der Waals surface area contributed by atoms with Gasteiger partial charge in [0.15, 0.2) is 0 Å². The molecule has 226 valence electrons. The van der Waals surface area contributed by atoms with Crippen LogP contribution in [-0.2, 0) is 24.5 Å². The first-order chi connectivity index (χ1) is 20.6. The summed E-state index contributed by atoms with van der Waals surface area (Å²) >= 11 is 0. The van der Waals surface area contributed by atoms with E-state index in [1.807, 2.05) is 84.9 Å². The highest BCUT2D eigenvalue weighted by molar-refractivity contribution is 7.86. The summed E-state index contributed by atoms with van der Waals surface area (Å²) in [6.07, 6.45) is 0.406. The molecule has 0 bridgehead atoms. The maximum atomic E-state index is 11.4. The van der Waals surface area contributed by atoms with Crippen LogP contribution in [0.15, 0.2) is 109 Å². The van der Waals surface area contributed by atoms with E-state index in [1.54, 1.807) is 0 Å². The molecule has 0 radical (unpaired) electrons. The van der Waals surface area contributed by atoms with Crippen LogP contribution in [0.4, 0.5) is 0 Å². The molecule has 4 aromatic carbocycles. The fraction of sp³-hybridized carbons (Fsp3) is 0.188. The molecule has 0 saturated heterocycles. The zero-order valence-electron chi connectivity index (χ0n) is 23.3. The zero-order valence-corrected chi connectivity index (χ0v) is 25.0. The molecule has 0 aromatic heterocycles. The number of ether oxygens (including phenoxy) is 2. The molecule has 0 aliphatic rings. The highest BCUT2D eigenvalue weighted by Gasteiger charge is 2.17. The first kappa shape index (κ1) is 31.9. The molecule has 0 aliphatic heterocycles. The molecule has 0 fully saturated rings. The lowest BCUT2D eigenvalue weighted by atomic mass is 9.86. The second-order valence-corrected chi connectivity index (χ2v) is 12.9. The highest BCUT2D eigenvalue weighted by Crippen LogP contribution is 2.37. The number of benzene rings is 4. The second-order valence-electron chi connectivity index (χ2n) is 9.58. The van der Waals surface area contributed by atoms with Crippen LogP contribution in [0.25, 0.3) is 11.1 Å². The van der Waals surface area contributed by atoms with Crippen LogP contribution in [0.1, 0.15) is 35.1 Å². The smallest absolute Gasteiger partial charge is 0.283 e. The average molecular weight is 624 g/mol. The van der Waals surface area contributed by atoms with Crippen LogP contribution in [0, 0.1) is 0 Å². The third-order valence-corrected chi connectivity index (χ3v) is 8.32. The van der Waals surface area contributed by atoms with Crippen LogP contribution in [0.2, 0.25) is 0 Å². The Kier molecular flexibility index (Phi) is 11.1. The van der Waals surface area contributed by atoms with Crippen LogP contribution in [0.5, 0.6) is 11.5 Å². The zero-order chi connectivity index (χ0) is 30.7. The molecule has 4 rings (SSSR count). The van der Waals surface area contributed by atoms with Crippen molar-refractivity contribution in [2.45, 2.75) is 12.8 Å². The second kappa shape index (κ2) is 14.9. The summed E-state index contributed by atoms with van der Waals surface area (Å²) < 4.78 is 69.2. The minimum atomic E-state index is -4.03. The minimum absolute atomic E-state index is 0.154. The summed E-state index contributed by atoms with van der Waals surface area (Å²) in [7, 11) is -7.78. The van der Waals surface area contributed by atoms with Crippen LogP contribution in [-0.4, -0.2) is 46.1 Å². The fourth-order valence-corrected chi connectivity index (χ4v) is 5.51. The monoisotopic (exact) mass is 623 g/mol. The van der Waals surface area contributed by atoms with Gasteiger partial charge in [-0.05, 0) is 70.5 Å². The van der Waals surface area contributed by atoms with Gasteiger partial charge in [-0.1, -0.05) is 84.9 Å². The molecule has 3 N–H and O–H groups in total. The molecule has 43 heavy (non-hydrogen) atoms. The van der Waals surface area contributed by atoms with Crippen LogP contribution < -0.4 is 15.4 Å². The van der Waals surface area contributed by atoms with Gasteiger partial charge in [-0.2, -0.15) is 27.0 Å². The molecule has 0 aliphatic carbocycles. The molecule has 0 atom stereocenters. The third kappa shape index (κ3) is 9.77. The summed E-state index contributed by atoms with van der Waals surface area (Å²) in [5, 5.41) is 0. The van der Waals surface area contributed by atoms with Crippen molar-refractivity contribution in [2.24, 2.45) is 5.90 Å². The Hall–Kier alpha value is -4.00. The van der Waals surface area contributed by atoms with Crippen molar-refractivity contribution in [2.75, 3.05) is 24.7 Å². The highest BCUT2D eigenvalue weighted by atomic mass is 32.2. The maximum Gasteiger partial charge on any atom is 0.283 e. The van der Waals surface area contributed by atoms with Gasteiger partial charge in [-0.3, -0.25) is 4.55 Å². The van der Waals surface area contributed by atoms with Gasteiger partial charge >= 0.3 is 0 Å². The van der Waals surface area contributed by atoms with Crippen molar-refractivity contribution in [1.29, 1.82) is 0 Å². The summed E-state index contributed by atoms with van der Waals surface area (Å²) in [5.41, 5.74) is 5.89. The molecule has 11 heteroatoms. The van der Waals surface area contributed by atoms with Gasteiger partial charge in [0.1, 0.15) is 11.5 Å². The lowest BCUT2D eigenvalue weighted by Gasteiger charge is -2.19. The Morgan fingerprint density at radius 2 is 0.930 bits per heavy atom. The Morgan fingerprint density at radius 1 is 0.558 bits per heavy atom. The van der Waals surface area contributed by atoms with E-state index in [4.69, 9.17) is 19.9 Å². The maximum absolute atomic E-state index is 11.4. The quantitative estimate of drug-likeness (QED) is 0.0777. The lowest BCUT2D eigenvalue weighted by Crippen LogP contribution is -2.16. The molecule has 0 amide bonds. The standard InChI is InChI=1S/C32H33NO8S2/c33-41-43(37,38)24-8-22-40-30-19-15-28(16-20-30)32(26-11-5-2-6-12-26)31(25-9-3-1-4-10-25)27-13-17-29(18-14-27)39-21-7-23-42(34,35)36/h1-6,9-20H,7-8,21-24,33H2,(H,34,35,36). The molecule has 0 spiro atoms. The topological polar surface area (TPSA) is 142 Å². The predicted molar refractivity (Wildman–Crippen MR) is 166 cm³/mol. The largest absolute Gasteiger partial charge is 0.494 e. The first-order valence-electron chi connectivity index (χ1n) is 13.5. The van der Waals surface area contributed by atoms with Crippen molar-refractivity contribution in [3.05, 3.63) is 131 Å². The van der Waals surface area contributed by atoms with Gasteiger partial charge in [0, 0.05) is 0 Å². The molecular weight excluding hydrogens is 590 g/mol. The normalized spacial score (nSPS) is 12.4. The van der Waals surface area contributed by atoms with Crippen molar-refractivity contribution < 1.29 is 35.1 Å². The molecular formula is C32H33NO8S2. The third-order valence-electron chi connectivity index (χ3n) is 6.43. The molecule has 9 nitrogen and oxygen atoms in total. The van der Waals surface area contributed by atoms with Crippen LogP contribution in [0.3, 0.4) is 0 Å². The van der Waals surface area contributed by atoms with Crippen molar-refractivity contribution >= 4 is 31.4 Å². The van der Waals surface area contributed by atoms with Crippen molar-refractivity contribution in [1.82, 2.24) is 0 Å². The molecule has 4 aromatic rings. The van der Waals surface area contributed by atoms with Crippen molar-refractivity contribution in [3.63, 3.8) is 0 Å². The van der Waals surface area contributed by atoms with E-state index in [-0.39, 0.29) is 37.6 Å². The van der Waals surface area contributed by atoms with Crippen LogP contribution >= 0.6 is 0 Å². The summed E-state index contributed by atoms with van der Waals surface area (Å²) in [6.45, 7) is 0.337. The van der Waals surface area contributed by atoms with E-state index >= 15 is 0 Å². The Balaban J connectivity index is 1.67. The lowest BCUT2D eigenvalue weighted by molar-refractivity contribution is 0.306. The summed E-state index contributed by atoms with van der Waals surface area (Å²) in [4.78, 5) is 0. The minimum Gasteiger partial charge on any atom is -0.494 e. The summed E-state index contributed by atoms with van der Waals surface area (Å²) in [6, 6.07) is 35.3.